The molecule has 0 heterocycles. The van der Waals surface area contributed by atoms with Crippen molar-refractivity contribution in [3.05, 3.63) is 94.2 Å². The standard InChI is InChI=1S/C21H15Cl2FN2O3S/c22-15-11-16(23)13-19(12-15)26-30(28,29)20-8-6-18(7-9-20)25-21(27)10-3-14-1-4-17(24)5-2-14/h1-13,26H,(H,25,27)/b10-3+. The first-order chi connectivity index (χ1) is 14.2. The largest absolute Gasteiger partial charge is 0.323 e. The molecular weight excluding hydrogens is 450 g/mol. The molecule has 0 spiro atoms. The van der Waals surface area contributed by atoms with Gasteiger partial charge in [0.25, 0.3) is 10.0 Å². The Labute approximate surface area is 183 Å². The van der Waals surface area contributed by atoms with Crippen molar-refractivity contribution >= 4 is 56.6 Å². The molecule has 9 heteroatoms. The molecule has 0 saturated heterocycles. The summed E-state index contributed by atoms with van der Waals surface area (Å²) in [6.45, 7) is 0. The second-order valence-electron chi connectivity index (χ2n) is 6.16. The summed E-state index contributed by atoms with van der Waals surface area (Å²) < 4.78 is 40.3. The molecule has 154 valence electrons. The predicted molar refractivity (Wildman–Crippen MR) is 118 cm³/mol. The summed E-state index contributed by atoms with van der Waals surface area (Å²) in [5.41, 5.74) is 1.31. The molecule has 0 saturated carbocycles. The third-order valence-electron chi connectivity index (χ3n) is 3.84. The number of hydrogen-bond donors (Lipinski definition) is 2. The molecule has 1 amide bonds. The van der Waals surface area contributed by atoms with Crippen LogP contribution < -0.4 is 10.0 Å². The quantitative estimate of drug-likeness (QED) is 0.467. The molecule has 0 bridgehead atoms. The van der Waals surface area contributed by atoms with Gasteiger partial charge in [-0.25, -0.2) is 12.8 Å². The molecule has 0 aliphatic carbocycles. The lowest BCUT2D eigenvalue weighted by Gasteiger charge is -2.10. The van der Waals surface area contributed by atoms with Crippen LogP contribution in [-0.2, 0) is 14.8 Å². The summed E-state index contributed by atoms with van der Waals surface area (Å²) >= 11 is 11.8. The zero-order valence-electron chi connectivity index (χ0n) is 15.3. The zero-order chi connectivity index (χ0) is 21.7. The maximum absolute atomic E-state index is 12.9. The van der Waals surface area contributed by atoms with Crippen LogP contribution in [-0.4, -0.2) is 14.3 Å². The minimum Gasteiger partial charge on any atom is -0.323 e. The molecule has 0 atom stereocenters. The molecule has 0 unspecified atom stereocenters. The van der Waals surface area contributed by atoms with Gasteiger partial charge >= 0.3 is 0 Å². The Balaban J connectivity index is 1.66. The maximum atomic E-state index is 12.9. The van der Waals surface area contributed by atoms with Crippen LogP contribution in [0, 0.1) is 5.82 Å². The first kappa shape index (κ1) is 21.8. The number of sulfonamides is 1. The minimum atomic E-state index is -3.87. The Kier molecular flexibility index (Phi) is 6.77. The number of carbonyl (C=O) groups is 1. The molecular formula is C21H15Cl2FN2O3S. The van der Waals surface area contributed by atoms with Crippen molar-refractivity contribution in [1.82, 2.24) is 0 Å². The first-order valence-corrected chi connectivity index (χ1v) is 10.8. The van der Waals surface area contributed by atoms with Crippen LogP contribution in [0.4, 0.5) is 15.8 Å². The highest BCUT2D eigenvalue weighted by Crippen LogP contribution is 2.25. The van der Waals surface area contributed by atoms with Crippen LogP contribution in [0.1, 0.15) is 5.56 Å². The van der Waals surface area contributed by atoms with Gasteiger partial charge < -0.3 is 5.32 Å². The van der Waals surface area contributed by atoms with Gasteiger partial charge in [0.15, 0.2) is 0 Å². The van der Waals surface area contributed by atoms with Gasteiger partial charge in [-0.1, -0.05) is 35.3 Å². The Morgan fingerprint density at radius 1 is 0.867 bits per heavy atom. The van der Waals surface area contributed by atoms with Gasteiger partial charge in [-0.3, -0.25) is 9.52 Å². The van der Waals surface area contributed by atoms with E-state index in [9.17, 15) is 17.6 Å². The number of hydrogen-bond acceptors (Lipinski definition) is 3. The van der Waals surface area contributed by atoms with E-state index in [-0.39, 0.29) is 16.4 Å². The predicted octanol–water partition coefficient (Wildman–Crippen LogP) is 5.59. The van der Waals surface area contributed by atoms with Crippen molar-refractivity contribution < 1.29 is 17.6 Å². The summed E-state index contributed by atoms with van der Waals surface area (Å²) in [4.78, 5) is 12.0. The van der Waals surface area contributed by atoms with Gasteiger partial charge in [0, 0.05) is 21.8 Å². The first-order valence-electron chi connectivity index (χ1n) is 8.55. The lowest BCUT2D eigenvalue weighted by molar-refractivity contribution is -0.111. The summed E-state index contributed by atoms with van der Waals surface area (Å²) in [7, 11) is -3.87. The van der Waals surface area contributed by atoms with Crippen molar-refractivity contribution in [3.8, 4) is 0 Å². The van der Waals surface area contributed by atoms with Crippen molar-refractivity contribution in [2.24, 2.45) is 0 Å². The van der Waals surface area contributed by atoms with Crippen LogP contribution in [0.2, 0.25) is 10.0 Å². The lowest BCUT2D eigenvalue weighted by atomic mass is 10.2. The fourth-order valence-corrected chi connectivity index (χ4v) is 4.04. The summed E-state index contributed by atoms with van der Waals surface area (Å²) in [6.07, 6.45) is 2.83. The highest BCUT2D eigenvalue weighted by atomic mass is 35.5. The van der Waals surface area contributed by atoms with Gasteiger partial charge in [-0.2, -0.15) is 0 Å². The molecule has 0 radical (unpaired) electrons. The molecule has 3 aromatic rings. The molecule has 3 rings (SSSR count). The summed E-state index contributed by atoms with van der Waals surface area (Å²) in [5.74, 6) is -0.777. The zero-order valence-corrected chi connectivity index (χ0v) is 17.6. The average Bonchev–Trinajstić information content (AvgIpc) is 2.67. The highest BCUT2D eigenvalue weighted by molar-refractivity contribution is 7.92. The number of amides is 1. The number of rotatable bonds is 6. The average molecular weight is 465 g/mol. The number of benzene rings is 3. The van der Waals surface area contributed by atoms with Gasteiger partial charge in [0.1, 0.15) is 5.82 Å². The minimum absolute atomic E-state index is 0.00143. The Hall–Kier alpha value is -2.87. The molecule has 30 heavy (non-hydrogen) atoms. The smallest absolute Gasteiger partial charge is 0.261 e. The van der Waals surface area contributed by atoms with E-state index in [1.165, 1.54) is 66.7 Å². The second kappa shape index (κ2) is 9.30. The SMILES string of the molecule is O=C(/C=C/c1ccc(F)cc1)Nc1ccc(S(=O)(=O)Nc2cc(Cl)cc(Cl)c2)cc1. The van der Waals surface area contributed by atoms with Gasteiger partial charge in [-0.15, -0.1) is 0 Å². The fraction of sp³-hybridized carbons (Fsp3) is 0. The molecule has 0 aromatic heterocycles. The molecule has 0 aliphatic heterocycles. The highest BCUT2D eigenvalue weighted by Gasteiger charge is 2.15. The molecule has 2 N–H and O–H groups in total. The van der Waals surface area contributed by atoms with Gasteiger partial charge in [0.05, 0.1) is 10.6 Å². The van der Waals surface area contributed by atoms with Crippen LogP contribution in [0.3, 0.4) is 0 Å². The van der Waals surface area contributed by atoms with Crippen molar-refractivity contribution in [3.63, 3.8) is 0 Å². The number of anilines is 2. The van der Waals surface area contributed by atoms with E-state index in [1.54, 1.807) is 12.1 Å². The molecule has 3 aromatic carbocycles. The van der Waals surface area contributed by atoms with E-state index < -0.39 is 15.9 Å². The van der Waals surface area contributed by atoms with Crippen LogP contribution in [0.5, 0.6) is 0 Å². The number of nitrogens with one attached hydrogen (secondary N) is 2. The fourth-order valence-electron chi connectivity index (χ4n) is 2.47. The van der Waals surface area contributed by atoms with Crippen molar-refractivity contribution in [2.75, 3.05) is 10.0 Å². The molecule has 5 nitrogen and oxygen atoms in total. The normalized spacial score (nSPS) is 11.4. The van der Waals surface area contributed by atoms with E-state index >= 15 is 0 Å². The Morgan fingerprint density at radius 2 is 1.47 bits per heavy atom. The second-order valence-corrected chi connectivity index (χ2v) is 8.72. The van der Waals surface area contributed by atoms with Gasteiger partial charge in [-0.05, 0) is 66.2 Å². The molecule has 0 aliphatic rings. The summed E-state index contributed by atoms with van der Waals surface area (Å²) in [6, 6.07) is 15.7. The van der Waals surface area contributed by atoms with Crippen molar-refractivity contribution in [1.29, 1.82) is 0 Å². The van der Waals surface area contributed by atoms with Crippen molar-refractivity contribution in [2.45, 2.75) is 4.90 Å². The summed E-state index contributed by atoms with van der Waals surface area (Å²) in [5, 5.41) is 3.21. The van der Waals surface area contributed by atoms with Crippen LogP contribution in [0.25, 0.3) is 6.08 Å². The topological polar surface area (TPSA) is 75.3 Å². The third-order valence-corrected chi connectivity index (χ3v) is 5.68. The van der Waals surface area contributed by atoms with E-state index in [4.69, 9.17) is 23.2 Å². The van der Waals surface area contributed by atoms with Crippen LogP contribution in [0.15, 0.2) is 77.7 Å². The Morgan fingerprint density at radius 3 is 2.07 bits per heavy atom. The lowest BCUT2D eigenvalue weighted by Crippen LogP contribution is -2.13. The van der Waals surface area contributed by atoms with E-state index in [2.05, 4.69) is 10.0 Å². The monoisotopic (exact) mass is 464 g/mol. The Bertz CT molecular complexity index is 1180. The molecule has 0 fully saturated rings. The van der Waals surface area contributed by atoms with E-state index in [0.717, 1.165) is 0 Å². The van der Waals surface area contributed by atoms with Crippen LogP contribution >= 0.6 is 23.2 Å². The number of carbonyl (C=O) groups excluding carboxylic acids is 1. The number of halogens is 3. The van der Waals surface area contributed by atoms with Gasteiger partial charge in [0.2, 0.25) is 5.91 Å². The van der Waals surface area contributed by atoms with E-state index in [0.29, 0.717) is 21.3 Å². The third kappa shape index (κ3) is 6.06. The van der Waals surface area contributed by atoms with E-state index in [1.807, 2.05) is 0 Å². The maximum Gasteiger partial charge on any atom is 0.261 e.